The molecule has 8 heteroatoms. The maximum atomic E-state index is 6.26. The van der Waals surface area contributed by atoms with Gasteiger partial charge in [0.05, 0.1) is 21.3 Å². The SMILES string of the molecule is COc1cc(-c2nnc(/C(Cl)=C/c3ccsc3)o2)cc(OC)c1OC. The van der Waals surface area contributed by atoms with Crippen LogP contribution in [0.4, 0.5) is 0 Å². The Morgan fingerprint density at radius 1 is 1.12 bits per heavy atom. The van der Waals surface area contributed by atoms with Crippen LogP contribution in [0.2, 0.25) is 0 Å². The van der Waals surface area contributed by atoms with Gasteiger partial charge in [0.2, 0.25) is 11.6 Å². The highest BCUT2D eigenvalue weighted by molar-refractivity contribution is 7.08. The zero-order chi connectivity index (χ0) is 17.8. The van der Waals surface area contributed by atoms with Crippen LogP contribution in [0.25, 0.3) is 22.6 Å². The van der Waals surface area contributed by atoms with Gasteiger partial charge in [0, 0.05) is 5.56 Å². The molecule has 0 atom stereocenters. The number of aromatic nitrogens is 2. The zero-order valence-corrected chi connectivity index (χ0v) is 15.4. The number of halogens is 1. The van der Waals surface area contributed by atoms with Gasteiger partial charge < -0.3 is 18.6 Å². The van der Waals surface area contributed by atoms with Gasteiger partial charge in [-0.1, -0.05) is 11.6 Å². The normalized spacial score (nSPS) is 11.4. The molecule has 0 N–H and O–H groups in total. The predicted octanol–water partition coefficient (Wildman–Crippen LogP) is 4.56. The summed E-state index contributed by atoms with van der Waals surface area (Å²) in [6, 6.07) is 5.41. The van der Waals surface area contributed by atoms with E-state index in [1.54, 1.807) is 50.9 Å². The third kappa shape index (κ3) is 3.62. The Hall–Kier alpha value is -2.51. The molecule has 0 radical (unpaired) electrons. The van der Waals surface area contributed by atoms with Crippen LogP contribution in [0.1, 0.15) is 11.5 Å². The lowest BCUT2D eigenvalue weighted by atomic mass is 10.2. The standard InChI is InChI=1S/C17H15ClN2O4S/c1-21-13-7-11(8-14(22-2)15(13)23-3)16-19-20-17(24-16)12(18)6-10-4-5-25-9-10/h4-9H,1-3H3/b12-6-. The summed E-state index contributed by atoms with van der Waals surface area (Å²) in [5.74, 6) is 2.01. The largest absolute Gasteiger partial charge is 0.493 e. The van der Waals surface area contributed by atoms with Crippen molar-refractivity contribution in [1.29, 1.82) is 0 Å². The van der Waals surface area contributed by atoms with Crippen LogP contribution >= 0.6 is 22.9 Å². The van der Waals surface area contributed by atoms with Gasteiger partial charge in [-0.2, -0.15) is 11.3 Å². The first kappa shape index (κ1) is 17.3. The molecule has 0 saturated heterocycles. The molecule has 0 aliphatic carbocycles. The van der Waals surface area contributed by atoms with Crippen molar-refractivity contribution in [3.8, 4) is 28.7 Å². The summed E-state index contributed by atoms with van der Waals surface area (Å²) in [7, 11) is 4.63. The third-order valence-electron chi connectivity index (χ3n) is 3.38. The summed E-state index contributed by atoms with van der Waals surface area (Å²) < 4.78 is 21.7. The first-order valence-electron chi connectivity index (χ1n) is 7.20. The lowest BCUT2D eigenvalue weighted by Gasteiger charge is -2.12. The maximum absolute atomic E-state index is 6.26. The number of methoxy groups -OCH3 is 3. The molecule has 0 saturated carbocycles. The van der Waals surface area contributed by atoms with E-state index in [-0.39, 0.29) is 5.89 Å². The minimum atomic E-state index is 0.233. The van der Waals surface area contributed by atoms with E-state index >= 15 is 0 Å². The van der Waals surface area contributed by atoms with Crippen LogP contribution in [-0.2, 0) is 0 Å². The highest BCUT2D eigenvalue weighted by atomic mass is 35.5. The minimum Gasteiger partial charge on any atom is -0.493 e. The van der Waals surface area contributed by atoms with Crippen molar-refractivity contribution in [2.24, 2.45) is 0 Å². The fourth-order valence-electron chi connectivity index (χ4n) is 2.21. The van der Waals surface area contributed by atoms with Gasteiger partial charge in [0.15, 0.2) is 11.5 Å². The van der Waals surface area contributed by atoms with Crippen molar-refractivity contribution >= 4 is 34.0 Å². The van der Waals surface area contributed by atoms with E-state index in [9.17, 15) is 0 Å². The van der Waals surface area contributed by atoms with E-state index in [1.165, 1.54) is 0 Å². The van der Waals surface area contributed by atoms with Crippen LogP contribution in [0.3, 0.4) is 0 Å². The van der Waals surface area contributed by atoms with Gasteiger partial charge in [-0.25, -0.2) is 0 Å². The van der Waals surface area contributed by atoms with E-state index < -0.39 is 0 Å². The highest BCUT2D eigenvalue weighted by Crippen LogP contribution is 2.41. The molecule has 0 bridgehead atoms. The summed E-state index contributed by atoms with van der Waals surface area (Å²) in [6.45, 7) is 0. The van der Waals surface area contributed by atoms with Crippen LogP contribution in [-0.4, -0.2) is 31.5 Å². The first-order chi connectivity index (χ1) is 12.2. The van der Waals surface area contributed by atoms with Crippen LogP contribution in [0.5, 0.6) is 17.2 Å². The van der Waals surface area contributed by atoms with Gasteiger partial charge in [0.1, 0.15) is 5.03 Å². The van der Waals surface area contributed by atoms with Gasteiger partial charge >= 0.3 is 0 Å². The Morgan fingerprint density at radius 2 is 1.84 bits per heavy atom. The summed E-state index contributed by atoms with van der Waals surface area (Å²) >= 11 is 7.84. The molecule has 0 fully saturated rings. The van der Waals surface area contributed by atoms with Crippen molar-refractivity contribution in [2.75, 3.05) is 21.3 Å². The number of ether oxygens (including phenoxy) is 3. The van der Waals surface area contributed by atoms with Crippen LogP contribution in [0.15, 0.2) is 33.4 Å². The van der Waals surface area contributed by atoms with E-state index in [2.05, 4.69) is 10.2 Å². The monoisotopic (exact) mass is 378 g/mol. The first-order valence-corrected chi connectivity index (χ1v) is 8.52. The lowest BCUT2D eigenvalue weighted by molar-refractivity contribution is 0.324. The van der Waals surface area contributed by atoms with Gasteiger partial charge in [0.25, 0.3) is 5.89 Å². The fraction of sp³-hybridized carbons (Fsp3) is 0.176. The Labute approximate surface area is 153 Å². The Bertz CT molecular complexity index is 865. The number of thiophene rings is 1. The predicted molar refractivity (Wildman–Crippen MR) is 97.4 cm³/mol. The number of hydrogen-bond donors (Lipinski definition) is 0. The zero-order valence-electron chi connectivity index (χ0n) is 13.8. The van der Waals surface area contributed by atoms with E-state index in [1.807, 2.05) is 16.8 Å². The van der Waals surface area contributed by atoms with Crippen LogP contribution in [0, 0.1) is 0 Å². The molecule has 130 valence electrons. The topological polar surface area (TPSA) is 66.6 Å². The molecule has 0 aliphatic heterocycles. The van der Waals surface area contributed by atoms with Crippen molar-refractivity contribution in [3.63, 3.8) is 0 Å². The van der Waals surface area contributed by atoms with E-state index in [0.717, 1.165) is 5.56 Å². The second-order valence-electron chi connectivity index (χ2n) is 4.88. The van der Waals surface area contributed by atoms with Crippen molar-refractivity contribution in [1.82, 2.24) is 10.2 Å². The molecule has 2 heterocycles. The average molecular weight is 379 g/mol. The smallest absolute Gasteiger partial charge is 0.259 e. The Morgan fingerprint density at radius 3 is 2.40 bits per heavy atom. The molecule has 0 spiro atoms. The molecule has 0 aliphatic rings. The number of rotatable bonds is 6. The van der Waals surface area contributed by atoms with E-state index in [0.29, 0.717) is 33.7 Å². The minimum absolute atomic E-state index is 0.233. The number of nitrogens with zero attached hydrogens (tertiary/aromatic N) is 2. The number of benzene rings is 1. The molecule has 2 aromatic heterocycles. The molecule has 3 rings (SSSR count). The summed E-state index contributed by atoms with van der Waals surface area (Å²) in [5, 5.41) is 12.4. The molecule has 3 aromatic rings. The number of hydrogen-bond acceptors (Lipinski definition) is 7. The summed E-state index contributed by atoms with van der Waals surface area (Å²) in [6.07, 6.45) is 1.77. The molecular formula is C17H15ClN2O4S. The van der Waals surface area contributed by atoms with Gasteiger partial charge in [-0.3, -0.25) is 0 Å². The second kappa shape index (κ2) is 7.58. The average Bonchev–Trinajstić information content (AvgIpc) is 3.32. The van der Waals surface area contributed by atoms with Crippen molar-refractivity contribution in [2.45, 2.75) is 0 Å². The molecule has 0 amide bonds. The van der Waals surface area contributed by atoms with Crippen LogP contribution < -0.4 is 14.2 Å². The lowest BCUT2D eigenvalue weighted by Crippen LogP contribution is -1.95. The van der Waals surface area contributed by atoms with Gasteiger partial charge in [-0.15, -0.1) is 10.2 Å². The van der Waals surface area contributed by atoms with Crippen molar-refractivity contribution < 1.29 is 18.6 Å². The molecular weight excluding hydrogens is 364 g/mol. The Kier molecular flexibility index (Phi) is 5.25. The molecule has 25 heavy (non-hydrogen) atoms. The molecule has 1 aromatic carbocycles. The Balaban J connectivity index is 1.97. The quantitative estimate of drug-likeness (QED) is 0.626. The van der Waals surface area contributed by atoms with Crippen molar-refractivity contribution in [3.05, 3.63) is 40.4 Å². The summed E-state index contributed by atoms with van der Waals surface area (Å²) in [5.41, 5.74) is 1.61. The molecule has 0 unspecified atom stereocenters. The second-order valence-corrected chi connectivity index (χ2v) is 6.06. The van der Waals surface area contributed by atoms with Gasteiger partial charge in [-0.05, 0) is 40.6 Å². The summed E-state index contributed by atoms with van der Waals surface area (Å²) in [4.78, 5) is 0. The van der Waals surface area contributed by atoms with E-state index in [4.69, 9.17) is 30.2 Å². The third-order valence-corrected chi connectivity index (χ3v) is 4.35. The highest BCUT2D eigenvalue weighted by Gasteiger charge is 2.18. The maximum Gasteiger partial charge on any atom is 0.259 e. The fourth-order valence-corrected chi connectivity index (χ4v) is 3.03. The molecule has 6 nitrogen and oxygen atoms in total.